The van der Waals surface area contributed by atoms with Crippen LogP contribution in [0.15, 0.2) is 0 Å². The van der Waals surface area contributed by atoms with Crippen LogP contribution in [0.4, 0.5) is 4.39 Å². The number of ether oxygens (including phenoxy) is 1. The Morgan fingerprint density at radius 2 is 1.93 bits per heavy atom. The molecule has 0 radical (unpaired) electrons. The molecule has 0 atom stereocenters. The minimum Gasteiger partial charge on any atom is -0.428 e. The van der Waals surface area contributed by atoms with Gasteiger partial charge in [0.2, 0.25) is 5.91 Å². The fourth-order valence-electron chi connectivity index (χ4n) is 1.53. The molecule has 0 aromatic carbocycles. The first kappa shape index (κ1) is 11.9. The highest BCUT2D eigenvalue weighted by Crippen LogP contribution is 2.28. The molecular formula is C10H16FNO3. The molecule has 0 N–H and O–H groups in total. The first-order valence-electron chi connectivity index (χ1n) is 5.13. The van der Waals surface area contributed by atoms with Gasteiger partial charge < -0.3 is 9.64 Å². The quantitative estimate of drug-likeness (QED) is 0.654. The van der Waals surface area contributed by atoms with E-state index < -0.39 is 11.8 Å². The van der Waals surface area contributed by atoms with Gasteiger partial charge in [-0.1, -0.05) is 6.92 Å². The number of hydrogen-bond donors (Lipinski definition) is 0. The smallest absolute Gasteiger partial charge is 0.308 e. The maximum Gasteiger partial charge on any atom is 0.308 e. The lowest BCUT2D eigenvalue weighted by Crippen LogP contribution is -2.45. The van der Waals surface area contributed by atoms with Gasteiger partial charge in [0, 0.05) is 39.3 Å². The van der Waals surface area contributed by atoms with Gasteiger partial charge in [0.05, 0.1) is 0 Å². The highest BCUT2D eigenvalue weighted by atomic mass is 19.2. The van der Waals surface area contributed by atoms with Crippen LogP contribution in [0.5, 0.6) is 0 Å². The molecule has 1 aliphatic heterocycles. The number of carbonyl (C=O) groups excluding carboxylic acids is 2. The summed E-state index contributed by atoms with van der Waals surface area (Å²) < 4.78 is 18.6. The Morgan fingerprint density at radius 1 is 1.40 bits per heavy atom. The number of hydrogen-bond acceptors (Lipinski definition) is 3. The van der Waals surface area contributed by atoms with E-state index in [9.17, 15) is 14.0 Å². The number of piperidine rings is 1. The van der Waals surface area contributed by atoms with E-state index in [0.717, 1.165) is 0 Å². The molecule has 5 heteroatoms. The molecule has 4 nitrogen and oxygen atoms in total. The standard InChI is InChI=1S/C10H16FNO3/c1-3-9(14)15-10(11)4-6-12(7-5-10)8(2)13/h3-7H2,1-2H3. The van der Waals surface area contributed by atoms with Crippen LogP contribution in [0.3, 0.4) is 0 Å². The number of amides is 1. The molecule has 1 fully saturated rings. The average molecular weight is 217 g/mol. The third-order valence-electron chi connectivity index (χ3n) is 2.54. The summed E-state index contributed by atoms with van der Waals surface area (Å²) in [6.45, 7) is 3.69. The van der Waals surface area contributed by atoms with Gasteiger partial charge in [-0.05, 0) is 0 Å². The van der Waals surface area contributed by atoms with E-state index in [1.807, 2.05) is 0 Å². The van der Waals surface area contributed by atoms with Crippen molar-refractivity contribution in [2.45, 2.75) is 39.0 Å². The second kappa shape index (κ2) is 4.59. The third kappa shape index (κ3) is 3.18. The van der Waals surface area contributed by atoms with Gasteiger partial charge in [0.15, 0.2) is 0 Å². The molecule has 0 unspecified atom stereocenters. The second-order valence-electron chi connectivity index (χ2n) is 3.72. The number of carbonyl (C=O) groups is 2. The van der Waals surface area contributed by atoms with Gasteiger partial charge in [0.25, 0.3) is 5.85 Å². The van der Waals surface area contributed by atoms with Crippen LogP contribution in [-0.2, 0) is 14.3 Å². The zero-order valence-electron chi connectivity index (χ0n) is 9.09. The number of rotatable bonds is 2. The molecule has 1 saturated heterocycles. The molecule has 0 bridgehead atoms. The van der Waals surface area contributed by atoms with Crippen molar-refractivity contribution in [3.63, 3.8) is 0 Å². The van der Waals surface area contributed by atoms with Crippen LogP contribution >= 0.6 is 0 Å². The predicted molar refractivity (Wildman–Crippen MR) is 51.7 cm³/mol. The molecule has 1 heterocycles. The Kier molecular flexibility index (Phi) is 3.66. The lowest BCUT2D eigenvalue weighted by atomic mass is 10.1. The van der Waals surface area contributed by atoms with E-state index in [4.69, 9.17) is 4.74 Å². The van der Waals surface area contributed by atoms with Crippen molar-refractivity contribution >= 4 is 11.9 Å². The molecule has 1 amide bonds. The summed E-state index contributed by atoms with van der Waals surface area (Å²) in [5, 5.41) is 0. The third-order valence-corrected chi connectivity index (χ3v) is 2.54. The Morgan fingerprint density at radius 3 is 2.33 bits per heavy atom. The monoisotopic (exact) mass is 217 g/mol. The predicted octanol–water partition coefficient (Wildman–Crippen LogP) is 1.25. The van der Waals surface area contributed by atoms with E-state index in [1.54, 1.807) is 11.8 Å². The molecule has 0 saturated carbocycles. The molecule has 0 spiro atoms. The summed E-state index contributed by atoms with van der Waals surface area (Å²) in [5.41, 5.74) is 0. The fourth-order valence-corrected chi connectivity index (χ4v) is 1.53. The molecule has 0 aromatic heterocycles. The van der Waals surface area contributed by atoms with Crippen molar-refractivity contribution in [2.75, 3.05) is 13.1 Å². The van der Waals surface area contributed by atoms with Gasteiger partial charge in [-0.25, -0.2) is 0 Å². The number of halogens is 1. The van der Waals surface area contributed by atoms with Crippen molar-refractivity contribution in [2.24, 2.45) is 0 Å². The van der Waals surface area contributed by atoms with E-state index in [2.05, 4.69) is 0 Å². The molecule has 1 rings (SSSR count). The van der Waals surface area contributed by atoms with Crippen LogP contribution in [0.1, 0.15) is 33.1 Å². The molecule has 1 aliphatic rings. The first-order chi connectivity index (χ1) is 6.97. The molecule has 0 aromatic rings. The van der Waals surface area contributed by atoms with Crippen LogP contribution in [0.25, 0.3) is 0 Å². The average Bonchev–Trinajstić information content (AvgIpc) is 2.17. The van der Waals surface area contributed by atoms with E-state index >= 15 is 0 Å². The highest BCUT2D eigenvalue weighted by molar-refractivity contribution is 5.73. The Labute approximate surface area is 88.4 Å². The highest BCUT2D eigenvalue weighted by Gasteiger charge is 2.38. The van der Waals surface area contributed by atoms with E-state index in [1.165, 1.54) is 6.92 Å². The summed E-state index contributed by atoms with van der Waals surface area (Å²) in [6, 6.07) is 0. The van der Waals surface area contributed by atoms with Gasteiger partial charge in [-0.15, -0.1) is 0 Å². The number of esters is 1. The van der Waals surface area contributed by atoms with Gasteiger partial charge in [-0.2, -0.15) is 4.39 Å². The minimum atomic E-state index is -1.88. The van der Waals surface area contributed by atoms with Crippen molar-refractivity contribution < 1.29 is 18.7 Å². The first-order valence-corrected chi connectivity index (χ1v) is 5.13. The fraction of sp³-hybridized carbons (Fsp3) is 0.800. The number of nitrogens with zero attached hydrogens (tertiary/aromatic N) is 1. The van der Waals surface area contributed by atoms with Crippen LogP contribution < -0.4 is 0 Å². The van der Waals surface area contributed by atoms with E-state index in [0.29, 0.717) is 13.1 Å². The van der Waals surface area contributed by atoms with E-state index in [-0.39, 0.29) is 25.2 Å². The topological polar surface area (TPSA) is 46.6 Å². The van der Waals surface area contributed by atoms with Gasteiger partial charge in [0.1, 0.15) is 0 Å². The molecular weight excluding hydrogens is 201 g/mol. The summed E-state index contributed by atoms with van der Waals surface area (Å²) >= 11 is 0. The second-order valence-corrected chi connectivity index (χ2v) is 3.72. The SMILES string of the molecule is CCC(=O)OC1(F)CCN(C(C)=O)CC1. The van der Waals surface area contributed by atoms with Crippen molar-refractivity contribution in [3.8, 4) is 0 Å². The Hall–Kier alpha value is -1.13. The zero-order chi connectivity index (χ0) is 11.5. The number of alkyl halides is 1. The lowest BCUT2D eigenvalue weighted by molar-refractivity contribution is -0.193. The molecule has 0 aliphatic carbocycles. The zero-order valence-corrected chi connectivity index (χ0v) is 9.09. The maximum atomic E-state index is 13.9. The van der Waals surface area contributed by atoms with Crippen LogP contribution in [0, 0.1) is 0 Å². The molecule has 15 heavy (non-hydrogen) atoms. The minimum absolute atomic E-state index is 0.0678. The number of likely N-dealkylation sites (tertiary alicyclic amines) is 1. The Balaban J connectivity index is 2.47. The van der Waals surface area contributed by atoms with Crippen molar-refractivity contribution in [3.05, 3.63) is 0 Å². The lowest BCUT2D eigenvalue weighted by Gasteiger charge is -2.35. The normalized spacial score (nSPS) is 19.8. The van der Waals surface area contributed by atoms with Crippen molar-refractivity contribution in [1.29, 1.82) is 0 Å². The molecule has 86 valence electrons. The van der Waals surface area contributed by atoms with Crippen LogP contribution in [-0.4, -0.2) is 35.7 Å². The van der Waals surface area contributed by atoms with Gasteiger partial charge >= 0.3 is 5.97 Å². The Bertz CT molecular complexity index is 259. The summed E-state index contributed by atoms with van der Waals surface area (Å²) in [5.74, 6) is -2.48. The van der Waals surface area contributed by atoms with Gasteiger partial charge in [-0.3, -0.25) is 9.59 Å². The summed E-state index contributed by atoms with van der Waals surface area (Å²) in [4.78, 5) is 23.5. The summed E-state index contributed by atoms with van der Waals surface area (Å²) in [6.07, 6.45) is 0.304. The van der Waals surface area contributed by atoms with Crippen molar-refractivity contribution in [1.82, 2.24) is 4.90 Å². The van der Waals surface area contributed by atoms with Crippen LogP contribution in [0.2, 0.25) is 0 Å². The summed E-state index contributed by atoms with van der Waals surface area (Å²) in [7, 11) is 0. The maximum absolute atomic E-state index is 13.9. The largest absolute Gasteiger partial charge is 0.428 e.